The third-order valence-corrected chi connectivity index (χ3v) is 6.17. The average Bonchev–Trinajstić information content (AvgIpc) is 3.36. The van der Waals surface area contributed by atoms with Gasteiger partial charge in [0.1, 0.15) is 17.1 Å². The van der Waals surface area contributed by atoms with Crippen molar-refractivity contribution < 1.29 is 4.84 Å². The summed E-state index contributed by atoms with van der Waals surface area (Å²) in [5.41, 5.74) is 2.78. The molecule has 142 valence electrons. The Bertz CT molecular complexity index is 993. The third-order valence-electron chi connectivity index (χ3n) is 5.34. The van der Waals surface area contributed by atoms with Gasteiger partial charge in [-0.3, -0.25) is 0 Å². The number of piperidine rings is 1. The van der Waals surface area contributed by atoms with E-state index < -0.39 is 0 Å². The fourth-order valence-corrected chi connectivity index (χ4v) is 4.36. The Morgan fingerprint density at radius 3 is 2.54 bits per heavy atom. The SMILES string of the molecule is Cc1nsc(-c2ccc(N3CCC4(CC3)CC(c3ccccc3)=NO4)nn2)n1. The molecule has 2 aromatic heterocycles. The van der Waals surface area contributed by atoms with E-state index in [1.165, 1.54) is 11.5 Å². The molecule has 0 N–H and O–H groups in total. The summed E-state index contributed by atoms with van der Waals surface area (Å²) in [5, 5.41) is 13.9. The number of hydrogen-bond acceptors (Lipinski definition) is 8. The van der Waals surface area contributed by atoms with Crippen molar-refractivity contribution in [3.8, 4) is 10.7 Å². The minimum Gasteiger partial charge on any atom is -0.388 e. The number of hydrogen-bond donors (Lipinski definition) is 0. The van der Waals surface area contributed by atoms with Crippen molar-refractivity contribution in [3.63, 3.8) is 0 Å². The van der Waals surface area contributed by atoms with E-state index in [1.54, 1.807) is 0 Å². The molecule has 0 atom stereocenters. The lowest BCUT2D eigenvalue weighted by atomic mass is 9.85. The molecule has 4 heterocycles. The van der Waals surface area contributed by atoms with Crippen LogP contribution in [-0.4, -0.2) is 44.0 Å². The topological polar surface area (TPSA) is 76.4 Å². The molecule has 0 aliphatic carbocycles. The molecule has 1 saturated heterocycles. The maximum absolute atomic E-state index is 5.92. The van der Waals surface area contributed by atoms with E-state index in [1.807, 2.05) is 37.3 Å². The number of nitrogens with zero attached hydrogens (tertiary/aromatic N) is 6. The quantitative estimate of drug-likeness (QED) is 0.679. The van der Waals surface area contributed by atoms with Gasteiger partial charge in [0.15, 0.2) is 10.8 Å². The average molecular weight is 392 g/mol. The van der Waals surface area contributed by atoms with Crippen LogP contribution in [0.3, 0.4) is 0 Å². The first-order chi connectivity index (χ1) is 13.7. The van der Waals surface area contributed by atoms with Crippen LogP contribution in [0.1, 0.15) is 30.7 Å². The second-order valence-electron chi connectivity index (χ2n) is 7.27. The van der Waals surface area contributed by atoms with Crippen LogP contribution in [0.2, 0.25) is 0 Å². The Labute approximate surface area is 167 Å². The van der Waals surface area contributed by atoms with Gasteiger partial charge in [-0.2, -0.15) is 4.37 Å². The Balaban J connectivity index is 1.23. The number of aryl methyl sites for hydroxylation is 1. The van der Waals surface area contributed by atoms with E-state index in [9.17, 15) is 0 Å². The van der Waals surface area contributed by atoms with Crippen LogP contribution in [-0.2, 0) is 4.84 Å². The van der Waals surface area contributed by atoms with E-state index in [0.29, 0.717) is 0 Å². The number of benzene rings is 1. The van der Waals surface area contributed by atoms with Gasteiger partial charge in [-0.15, -0.1) is 10.2 Å². The first-order valence-electron chi connectivity index (χ1n) is 9.41. The fourth-order valence-electron chi connectivity index (χ4n) is 3.73. The second-order valence-corrected chi connectivity index (χ2v) is 8.02. The van der Waals surface area contributed by atoms with Gasteiger partial charge in [-0.05, 0) is 36.2 Å². The summed E-state index contributed by atoms with van der Waals surface area (Å²) in [5.74, 6) is 1.66. The van der Waals surface area contributed by atoms with Gasteiger partial charge in [0.25, 0.3) is 0 Å². The molecule has 0 unspecified atom stereocenters. The number of oxime groups is 1. The largest absolute Gasteiger partial charge is 0.388 e. The van der Waals surface area contributed by atoms with Crippen molar-refractivity contribution in [1.82, 2.24) is 19.6 Å². The maximum Gasteiger partial charge on any atom is 0.164 e. The normalized spacial score (nSPS) is 18.2. The number of rotatable bonds is 3. The highest BCUT2D eigenvalue weighted by Crippen LogP contribution is 2.37. The van der Waals surface area contributed by atoms with Gasteiger partial charge in [0.05, 0.1) is 5.71 Å². The summed E-state index contributed by atoms with van der Waals surface area (Å²) in [4.78, 5) is 12.5. The Morgan fingerprint density at radius 2 is 1.86 bits per heavy atom. The van der Waals surface area contributed by atoms with Gasteiger partial charge in [0.2, 0.25) is 0 Å². The fraction of sp³-hybridized carbons (Fsp3) is 0.350. The lowest BCUT2D eigenvalue weighted by Crippen LogP contribution is -2.45. The van der Waals surface area contributed by atoms with E-state index >= 15 is 0 Å². The maximum atomic E-state index is 5.92. The molecule has 1 fully saturated rings. The number of anilines is 1. The van der Waals surface area contributed by atoms with Crippen LogP contribution in [0, 0.1) is 6.92 Å². The monoisotopic (exact) mass is 392 g/mol. The van der Waals surface area contributed by atoms with Crippen molar-refractivity contribution >= 4 is 23.1 Å². The van der Waals surface area contributed by atoms with Crippen LogP contribution in [0.15, 0.2) is 47.6 Å². The molecule has 7 nitrogen and oxygen atoms in total. The van der Waals surface area contributed by atoms with Crippen molar-refractivity contribution in [2.24, 2.45) is 5.16 Å². The van der Waals surface area contributed by atoms with Crippen molar-refractivity contribution in [2.45, 2.75) is 31.8 Å². The molecule has 5 rings (SSSR count). The zero-order valence-corrected chi connectivity index (χ0v) is 16.4. The van der Waals surface area contributed by atoms with Crippen LogP contribution in [0.5, 0.6) is 0 Å². The highest BCUT2D eigenvalue weighted by molar-refractivity contribution is 7.09. The molecule has 28 heavy (non-hydrogen) atoms. The van der Waals surface area contributed by atoms with Gasteiger partial charge in [-0.1, -0.05) is 35.5 Å². The predicted molar refractivity (Wildman–Crippen MR) is 109 cm³/mol. The van der Waals surface area contributed by atoms with Crippen molar-refractivity contribution in [2.75, 3.05) is 18.0 Å². The molecule has 1 spiro atoms. The van der Waals surface area contributed by atoms with Crippen molar-refractivity contribution in [1.29, 1.82) is 0 Å². The molecule has 0 saturated carbocycles. The highest BCUT2D eigenvalue weighted by Gasteiger charge is 2.42. The molecule has 0 amide bonds. The Hall–Kier alpha value is -2.87. The molecular weight excluding hydrogens is 372 g/mol. The van der Waals surface area contributed by atoms with Crippen LogP contribution >= 0.6 is 11.5 Å². The summed E-state index contributed by atoms with van der Waals surface area (Å²) in [6.07, 6.45) is 2.71. The summed E-state index contributed by atoms with van der Waals surface area (Å²) in [6, 6.07) is 14.3. The smallest absolute Gasteiger partial charge is 0.164 e. The lowest BCUT2D eigenvalue weighted by molar-refractivity contribution is -0.0360. The van der Waals surface area contributed by atoms with E-state index in [4.69, 9.17) is 4.84 Å². The van der Waals surface area contributed by atoms with Crippen LogP contribution < -0.4 is 4.90 Å². The van der Waals surface area contributed by atoms with Gasteiger partial charge < -0.3 is 9.74 Å². The molecule has 1 aromatic carbocycles. The standard InChI is InChI=1S/C20H20N6OS/c1-14-21-19(28-25-14)16-7-8-18(23-22-16)26-11-9-20(10-12-26)13-17(24-27-20)15-5-3-2-4-6-15/h2-8H,9-13H2,1H3. The van der Waals surface area contributed by atoms with E-state index in [2.05, 4.69) is 41.7 Å². The van der Waals surface area contributed by atoms with E-state index in [-0.39, 0.29) is 5.60 Å². The predicted octanol–water partition coefficient (Wildman–Crippen LogP) is 3.47. The number of aromatic nitrogens is 4. The zero-order chi connectivity index (χ0) is 19.0. The van der Waals surface area contributed by atoms with Crippen molar-refractivity contribution in [3.05, 3.63) is 53.9 Å². The third kappa shape index (κ3) is 3.24. The molecule has 3 aromatic rings. The van der Waals surface area contributed by atoms with Gasteiger partial charge >= 0.3 is 0 Å². The minimum absolute atomic E-state index is 0.181. The molecule has 0 bridgehead atoms. The molecular formula is C20H20N6OS. The van der Waals surface area contributed by atoms with Crippen LogP contribution in [0.4, 0.5) is 5.82 Å². The van der Waals surface area contributed by atoms with Gasteiger partial charge in [0, 0.05) is 32.4 Å². The molecule has 2 aliphatic rings. The summed E-state index contributed by atoms with van der Waals surface area (Å²) in [6.45, 7) is 3.64. The van der Waals surface area contributed by atoms with E-state index in [0.717, 1.165) is 66.0 Å². The van der Waals surface area contributed by atoms with Gasteiger partial charge in [-0.25, -0.2) is 4.98 Å². The minimum atomic E-state index is -0.181. The Morgan fingerprint density at radius 1 is 1.04 bits per heavy atom. The lowest BCUT2D eigenvalue weighted by Gasteiger charge is -2.37. The molecule has 2 aliphatic heterocycles. The highest BCUT2D eigenvalue weighted by atomic mass is 32.1. The first-order valence-corrected chi connectivity index (χ1v) is 10.2. The van der Waals surface area contributed by atoms with Crippen LogP contribution in [0.25, 0.3) is 10.7 Å². The molecule has 8 heteroatoms. The first kappa shape index (κ1) is 17.2. The summed E-state index contributed by atoms with van der Waals surface area (Å²) >= 11 is 1.35. The summed E-state index contributed by atoms with van der Waals surface area (Å²) in [7, 11) is 0. The summed E-state index contributed by atoms with van der Waals surface area (Å²) < 4.78 is 4.20. The molecule has 0 radical (unpaired) electrons. The zero-order valence-electron chi connectivity index (χ0n) is 15.6. The Kier molecular flexibility index (Phi) is 4.27. The second kappa shape index (κ2) is 6.94.